The Morgan fingerprint density at radius 3 is 2.08 bits per heavy atom. The van der Waals surface area contributed by atoms with Gasteiger partial charge in [-0.2, -0.15) is 11.8 Å². The van der Waals surface area contributed by atoms with Gasteiger partial charge in [0.25, 0.3) is 0 Å². The number of nitrogens with two attached hydrogens (primary N) is 2. The Morgan fingerprint density at radius 1 is 0.719 bits per heavy atom. The monoisotopic (exact) mass is 1270 g/mol. The second-order valence-corrected chi connectivity index (χ2v) is 23.9. The van der Waals surface area contributed by atoms with Crippen molar-refractivity contribution in [3.05, 3.63) is 41.7 Å². The Balaban J connectivity index is 1.12. The van der Waals surface area contributed by atoms with Crippen LogP contribution >= 0.6 is 11.8 Å². The first-order chi connectivity index (χ1) is 42.8. The number of carbonyl (C=O) groups excluding carboxylic acids is 9. The fourth-order valence-corrected chi connectivity index (χ4v) is 11.6. The Bertz CT molecular complexity index is 2600. The van der Waals surface area contributed by atoms with Gasteiger partial charge in [0.1, 0.15) is 36.0 Å². The lowest BCUT2D eigenvalue weighted by Gasteiger charge is -2.27. The molecule has 3 aliphatic heterocycles. The van der Waals surface area contributed by atoms with Crippen molar-refractivity contribution in [2.24, 2.45) is 17.4 Å². The van der Waals surface area contributed by atoms with E-state index >= 15 is 0 Å². The number of ether oxygens (including phenoxy) is 3. The molecule has 4 heterocycles. The minimum Gasteiger partial charge on any atom is -0.508 e. The highest BCUT2D eigenvalue weighted by Gasteiger charge is 2.42. The number of carboxylic acid groups (broad SMARTS) is 1. The second kappa shape index (κ2) is 39.7. The van der Waals surface area contributed by atoms with E-state index in [2.05, 4.69) is 63.5 Å². The van der Waals surface area contributed by atoms with Crippen molar-refractivity contribution in [3.8, 4) is 5.75 Å². The number of aryl methyl sites for hydroxylation is 1. The van der Waals surface area contributed by atoms with Gasteiger partial charge in [-0.1, -0.05) is 37.6 Å². The van der Waals surface area contributed by atoms with E-state index in [1.165, 1.54) is 24.3 Å². The summed E-state index contributed by atoms with van der Waals surface area (Å²) in [4.78, 5) is 132. The summed E-state index contributed by atoms with van der Waals surface area (Å²) in [6.45, 7) is 5.99. The minimum atomic E-state index is -1.51. The Hall–Kier alpha value is -7.19. The standard InChI is InChI=1S/C58H93N15O15S/c1-36(2)50-57(84)66-41(53(80)62-23-10-26-87-28-30-88-29-27-86-25-9-22-61-47(75)14-4-3-13-46-51-45(35-89-46)68-58(85)70-51)12-6-8-24-73-34-38(71-72-73)32-40(60)52(79)65-42(11-5-7-21-59)55(82)67-44(31-37-15-17-39(74)18-16-37)54(81)63-33-48(76)64-43(56(83)69-50)19-20-49(77)78/h15-18,34,36,40-46,50-51,74H,3-14,19-33,35,59-60H2,1-2H3,(H,61,75)(H,62,80)(H,63,81)(H,64,76)(H,65,79)(H,66,84)(H,67,82)(H,69,83)(H,77,78)(H2,68,70,85)/t40-,41-,42-,43-,44-,45+,46+,50?,51+/m0/s1. The molecule has 30 nitrogen and oxygen atoms in total. The average molecular weight is 1270 g/mol. The second-order valence-electron chi connectivity index (χ2n) is 22.7. The predicted molar refractivity (Wildman–Crippen MR) is 326 cm³/mol. The van der Waals surface area contributed by atoms with Crippen LogP contribution in [0.1, 0.15) is 115 Å². The summed E-state index contributed by atoms with van der Waals surface area (Å²) < 4.78 is 18.5. The molecular weight excluding hydrogens is 1180 g/mol. The number of benzene rings is 1. The third-order valence-corrected chi connectivity index (χ3v) is 16.6. The van der Waals surface area contributed by atoms with Gasteiger partial charge in [-0.25, -0.2) is 4.79 Å². The first-order valence-electron chi connectivity index (χ1n) is 30.9. The maximum Gasteiger partial charge on any atom is 0.315 e. The van der Waals surface area contributed by atoms with Crippen LogP contribution in [-0.2, 0) is 76.7 Å². The molecule has 31 heteroatoms. The number of carboxylic acids is 1. The van der Waals surface area contributed by atoms with Crippen LogP contribution in [-0.4, -0.2) is 210 Å². The van der Waals surface area contributed by atoms with E-state index in [-0.39, 0.29) is 68.6 Å². The lowest BCUT2D eigenvalue weighted by molar-refractivity contribution is -0.138. The Morgan fingerprint density at radius 2 is 1.38 bits per heavy atom. The van der Waals surface area contributed by atoms with Gasteiger partial charge in [-0.3, -0.25) is 47.8 Å². The summed E-state index contributed by atoms with van der Waals surface area (Å²) in [6.07, 6.45) is 6.75. The highest BCUT2D eigenvalue weighted by Crippen LogP contribution is 2.33. The Labute approximate surface area is 522 Å². The van der Waals surface area contributed by atoms with Gasteiger partial charge < -0.3 is 89.1 Å². The number of unbranched alkanes of at least 4 members (excludes halogenated alkanes) is 2. The number of aromatic hydroxyl groups is 1. The quantitative estimate of drug-likeness (QED) is 0.0305. The number of amides is 10. The van der Waals surface area contributed by atoms with Gasteiger partial charge in [0.05, 0.1) is 56.8 Å². The molecule has 2 bridgehead atoms. The topological polar surface area (TPSA) is 442 Å². The molecule has 10 amide bonds. The van der Waals surface area contributed by atoms with Gasteiger partial charge in [0.15, 0.2) is 0 Å². The molecule has 1 aromatic heterocycles. The molecule has 0 saturated carbocycles. The van der Waals surface area contributed by atoms with E-state index in [1.54, 1.807) is 24.7 Å². The van der Waals surface area contributed by atoms with Crippen LogP contribution < -0.4 is 64.6 Å². The first kappa shape index (κ1) is 72.6. The number of aromatic nitrogens is 3. The SMILES string of the molecule is CC(C)C1NC(=O)[C@H](CCC(=O)O)NC(=O)CNC(=O)[C@H](Cc2ccc(O)cc2)NC(=O)[C@H](CCCCN)NC(=O)[C@@H](N)Cc2cn(nn2)CCCC[C@@H](C(=O)NCCCOCCOCCOCCCNC(=O)CCCC[C@H]2SC[C@H]3NC(=O)N[C@H]32)NC1=O. The van der Waals surface area contributed by atoms with Crippen molar-refractivity contribution in [2.75, 3.05) is 71.6 Å². The molecule has 2 fully saturated rings. The van der Waals surface area contributed by atoms with Gasteiger partial charge in [-0.15, -0.1) is 5.10 Å². The maximum atomic E-state index is 14.1. The molecule has 89 heavy (non-hydrogen) atoms. The molecule has 3 aliphatic rings. The molecule has 2 saturated heterocycles. The van der Waals surface area contributed by atoms with Crippen molar-refractivity contribution in [3.63, 3.8) is 0 Å². The molecule has 496 valence electrons. The van der Waals surface area contributed by atoms with E-state index in [4.69, 9.17) is 25.7 Å². The zero-order valence-corrected chi connectivity index (χ0v) is 51.9. The van der Waals surface area contributed by atoms with Gasteiger partial charge >= 0.3 is 12.0 Å². The number of nitrogens with one attached hydrogen (secondary N) is 10. The zero-order valence-electron chi connectivity index (χ0n) is 51.1. The number of nitrogens with zero attached hydrogens (tertiary/aromatic N) is 3. The highest BCUT2D eigenvalue weighted by atomic mass is 32.2. The van der Waals surface area contributed by atoms with Crippen molar-refractivity contribution in [1.29, 1.82) is 0 Å². The number of phenols is 1. The third kappa shape index (κ3) is 27.2. The molecule has 1 aromatic carbocycles. The highest BCUT2D eigenvalue weighted by molar-refractivity contribution is 8.00. The molecule has 16 N–H and O–H groups in total. The van der Waals surface area contributed by atoms with Gasteiger partial charge in [0.2, 0.25) is 47.3 Å². The molecule has 1 unspecified atom stereocenters. The minimum absolute atomic E-state index is 0.0119. The van der Waals surface area contributed by atoms with E-state index in [0.29, 0.717) is 114 Å². The number of urea groups is 1. The number of rotatable bonds is 30. The van der Waals surface area contributed by atoms with Crippen LogP contribution in [0.2, 0.25) is 0 Å². The smallest absolute Gasteiger partial charge is 0.315 e. The van der Waals surface area contributed by atoms with E-state index in [9.17, 15) is 58.2 Å². The summed E-state index contributed by atoms with van der Waals surface area (Å²) in [7, 11) is 0. The molecule has 0 aliphatic carbocycles. The van der Waals surface area contributed by atoms with Crippen LogP contribution in [0.25, 0.3) is 0 Å². The van der Waals surface area contributed by atoms with Crippen molar-refractivity contribution >= 4 is 71.0 Å². The largest absolute Gasteiger partial charge is 0.508 e. The number of carbonyl (C=O) groups is 10. The van der Waals surface area contributed by atoms with Crippen molar-refractivity contribution < 1.29 is 72.4 Å². The normalized spacial score (nSPS) is 23.5. The Kier molecular flexibility index (Phi) is 32.4. The van der Waals surface area contributed by atoms with E-state index in [0.717, 1.165) is 25.0 Å². The molecule has 0 radical (unpaired) electrons. The summed E-state index contributed by atoms with van der Waals surface area (Å²) in [5, 5.41) is 55.6. The van der Waals surface area contributed by atoms with E-state index < -0.39 is 109 Å². The molecule has 5 rings (SSSR count). The number of thioether (sulfide) groups is 1. The summed E-state index contributed by atoms with van der Waals surface area (Å²) >= 11 is 1.87. The zero-order chi connectivity index (χ0) is 64.5. The van der Waals surface area contributed by atoms with E-state index in [1.807, 2.05) is 11.8 Å². The number of hydrogen-bond donors (Lipinski definition) is 14. The summed E-state index contributed by atoms with van der Waals surface area (Å²) in [5.41, 5.74) is 13.0. The summed E-state index contributed by atoms with van der Waals surface area (Å²) in [6, 6.07) is -1.47. The number of hydrogen-bond acceptors (Lipinski definition) is 19. The lowest BCUT2D eigenvalue weighted by atomic mass is 10.0. The fourth-order valence-electron chi connectivity index (χ4n) is 10.1. The van der Waals surface area contributed by atoms with Crippen molar-refractivity contribution in [1.82, 2.24) is 68.2 Å². The average Bonchev–Trinajstić information content (AvgIpc) is 2.31. The van der Waals surface area contributed by atoms with Crippen LogP contribution in [0.5, 0.6) is 5.75 Å². The van der Waals surface area contributed by atoms with Gasteiger partial charge in [0, 0.05) is 75.7 Å². The number of fused-ring (bicyclic) bond motifs is 3. The third-order valence-electron chi connectivity index (χ3n) is 15.0. The number of phenolic OH excluding ortho intramolecular Hbond substituents is 1. The fraction of sp³-hybridized carbons (Fsp3) is 0.690. The molecule has 9 atom stereocenters. The molecular formula is C58H93N15O15S. The van der Waals surface area contributed by atoms with Crippen LogP contribution in [0.3, 0.4) is 0 Å². The molecule has 0 spiro atoms. The lowest BCUT2D eigenvalue weighted by Crippen LogP contribution is -2.59. The summed E-state index contributed by atoms with van der Waals surface area (Å²) in [5.74, 6) is -6.29. The first-order valence-corrected chi connectivity index (χ1v) is 31.9. The molecule has 2 aromatic rings. The van der Waals surface area contributed by atoms with Crippen LogP contribution in [0.4, 0.5) is 4.79 Å². The van der Waals surface area contributed by atoms with Crippen LogP contribution in [0, 0.1) is 5.92 Å². The predicted octanol–water partition coefficient (Wildman–Crippen LogP) is -1.74. The number of aliphatic carboxylic acids is 1. The maximum absolute atomic E-state index is 14.1. The van der Waals surface area contributed by atoms with Crippen molar-refractivity contribution in [2.45, 2.75) is 177 Å². The van der Waals surface area contributed by atoms with Gasteiger partial charge in [-0.05, 0) is 101 Å². The van der Waals surface area contributed by atoms with Crippen LogP contribution in [0.15, 0.2) is 30.5 Å².